The highest BCUT2D eigenvalue weighted by molar-refractivity contribution is 6.30. The van der Waals surface area contributed by atoms with Gasteiger partial charge in [-0.1, -0.05) is 17.7 Å². The number of nitrogens with one attached hydrogen (secondary N) is 1. The van der Waals surface area contributed by atoms with E-state index in [1.807, 2.05) is 0 Å². The lowest BCUT2D eigenvalue weighted by Gasteiger charge is -2.23. The minimum Gasteiger partial charge on any atom is -0.316 e. The van der Waals surface area contributed by atoms with Gasteiger partial charge in [0, 0.05) is 6.54 Å². The fourth-order valence-corrected chi connectivity index (χ4v) is 2.15. The normalized spacial score (nSPS) is 21.7. The molecule has 0 radical (unpaired) electrons. The molecule has 0 unspecified atom stereocenters. The molecule has 1 aliphatic heterocycles. The van der Waals surface area contributed by atoms with Crippen LogP contribution < -0.4 is 5.32 Å². The van der Waals surface area contributed by atoms with Crippen molar-refractivity contribution in [3.63, 3.8) is 0 Å². The fraction of sp³-hybridized carbons (Fsp3) is 0.455. The number of halogens is 3. The third-order valence-electron chi connectivity index (χ3n) is 2.80. The molecule has 1 heterocycles. The van der Waals surface area contributed by atoms with Gasteiger partial charge in [-0.15, -0.1) is 0 Å². The van der Waals surface area contributed by atoms with Crippen LogP contribution in [0.5, 0.6) is 0 Å². The first-order valence-electron chi connectivity index (χ1n) is 5.04. The van der Waals surface area contributed by atoms with Gasteiger partial charge < -0.3 is 5.32 Å². The predicted octanol–water partition coefficient (Wildman–Crippen LogP) is 3.09. The zero-order valence-corrected chi connectivity index (χ0v) is 8.95. The van der Waals surface area contributed by atoms with E-state index in [9.17, 15) is 8.78 Å². The summed E-state index contributed by atoms with van der Waals surface area (Å²) in [5.41, 5.74) is 0.522. The summed E-state index contributed by atoms with van der Waals surface area (Å²) in [7, 11) is 0. The second-order valence-electron chi connectivity index (χ2n) is 3.81. The van der Waals surface area contributed by atoms with Crippen molar-refractivity contribution in [3.8, 4) is 0 Å². The van der Waals surface area contributed by atoms with Crippen molar-refractivity contribution in [2.75, 3.05) is 13.1 Å². The Balaban J connectivity index is 2.31. The monoisotopic (exact) mass is 231 g/mol. The molecule has 0 saturated carbocycles. The van der Waals surface area contributed by atoms with Crippen LogP contribution in [0.15, 0.2) is 12.1 Å². The van der Waals surface area contributed by atoms with Gasteiger partial charge in [-0.3, -0.25) is 0 Å². The van der Waals surface area contributed by atoms with Crippen LogP contribution in [0.3, 0.4) is 0 Å². The third kappa shape index (κ3) is 2.13. The molecule has 15 heavy (non-hydrogen) atoms. The molecule has 1 atom stereocenters. The van der Waals surface area contributed by atoms with Gasteiger partial charge in [0.1, 0.15) is 16.7 Å². The first kappa shape index (κ1) is 10.8. The van der Waals surface area contributed by atoms with Crippen molar-refractivity contribution in [2.45, 2.75) is 18.8 Å². The minimum atomic E-state index is -0.693. The summed E-state index contributed by atoms with van der Waals surface area (Å²) in [4.78, 5) is 0. The van der Waals surface area contributed by atoms with Crippen molar-refractivity contribution < 1.29 is 8.78 Å². The first-order chi connectivity index (χ1) is 7.20. The van der Waals surface area contributed by atoms with Crippen molar-refractivity contribution in [3.05, 3.63) is 34.4 Å². The zero-order chi connectivity index (χ0) is 10.8. The molecule has 1 aliphatic rings. The number of piperidine rings is 1. The molecule has 1 nitrogen and oxygen atoms in total. The van der Waals surface area contributed by atoms with E-state index in [1.165, 1.54) is 12.1 Å². The van der Waals surface area contributed by atoms with E-state index < -0.39 is 16.7 Å². The number of rotatable bonds is 1. The second-order valence-corrected chi connectivity index (χ2v) is 4.19. The summed E-state index contributed by atoms with van der Waals surface area (Å²) in [6.45, 7) is 1.70. The summed E-state index contributed by atoms with van der Waals surface area (Å²) in [5, 5.41) is 2.80. The Morgan fingerprint density at radius 2 is 2.13 bits per heavy atom. The van der Waals surface area contributed by atoms with Gasteiger partial charge in [-0.25, -0.2) is 8.78 Å². The maximum absolute atomic E-state index is 13.6. The molecule has 1 aromatic rings. The highest BCUT2D eigenvalue weighted by Crippen LogP contribution is 2.30. The summed E-state index contributed by atoms with van der Waals surface area (Å²) < 4.78 is 26.6. The Hall–Kier alpha value is -0.670. The van der Waals surface area contributed by atoms with Crippen LogP contribution in [0.2, 0.25) is 5.02 Å². The predicted molar refractivity (Wildman–Crippen MR) is 56.2 cm³/mol. The van der Waals surface area contributed by atoms with Crippen LogP contribution in [-0.2, 0) is 0 Å². The number of benzene rings is 1. The number of hydrogen-bond acceptors (Lipinski definition) is 1. The van der Waals surface area contributed by atoms with Gasteiger partial charge in [0.25, 0.3) is 0 Å². The lowest BCUT2D eigenvalue weighted by atomic mass is 9.91. The molecule has 82 valence electrons. The summed E-state index contributed by atoms with van der Waals surface area (Å²) in [6, 6.07) is 2.73. The molecule has 1 saturated heterocycles. The number of hydrogen-bond donors (Lipinski definition) is 1. The Kier molecular flexibility index (Phi) is 3.22. The van der Waals surface area contributed by atoms with E-state index in [1.54, 1.807) is 0 Å². The van der Waals surface area contributed by atoms with Crippen LogP contribution >= 0.6 is 11.6 Å². The topological polar surface area (TPSA) is 12.0 Å². The van der Waals surface area contributed by atoms with Crippen LogP contribution in [0.25, 0.3) is 0 Å². The second kappa shape index (κ2) is 4.45. The highest BCUT2D eigenvalue weighted by atomic mass is 35.5. The van der Waals surface area contributed by atoms with Gasteiger partial charge in [-0.2, -0.15) is 0 Å². The Morgan fingerprint density at radius 1 is 1.33 bits per heavy atom. The van der Waals surface area contributed by atoms with Gasteiger partial charge in [-0.05, 0) is 36.9 Å². The van der Waals surface area contributed by atoms with E-state index in [0.717, 1.165) is 25.9 Å². The fourth-order valence-electron chi connectivity index (χ4n) is 1.97. The standard InChI is InChI=1S/C11H12ClF2N/c12-10-9(13)4-3-8(11(10)14)7-2-1-5-15-6-7/h3-4,7,15H,1-2,5-6H2/t7-/m1/s1. The average molecular weight is 232 g/mol. The van der Waals surface area contributed by atoms with Crippen LogP contribution in [-0.4, -0.2) is 13.1 Å². The van der Waals surface area contributed by atoms with E-state index in [-0.39, 0.29) is 5.92 Å². The van der Waals surface area contributed by atoms with Gasteiger partial charge in [0.05, 0.1) is 0 Å². The molecule has 0 aromatic heterocycles. The molecule has 1 fully saturated rings. The van der Waals surface area contributed by atoms with E-state index in [2.05, 4.69) is 5.32 Å². The molecule has 4 heteroatoms. The SMILES string of the molecule is Fc1ccc([C@@H]2CCCNC2)c(F)c1Cl. The maximum atomic E-state index is 13.6. The zero-order valence-electron chi connectivity index (χ0n) is 8.19. The quantitative estimate of drug-likeness (QED) is 0.733. The lowest BCUT2D eigenvalue weighted by Crippen LogP contribution is -2.28. The Labute approximate surface area is 92.4 Å². The summed E-state index contributed by atoms with van der Waals surface area (Å²) in [6.07, 6.45) is 1.94. The highest BCUT2D eigenvalue weighted by Gasteiger charge is 2.21. The summed E-state index contributed by atoms with van der Waals surface area (Å²) in [5.74, 6) is -1.19. The molecule has 1 aromatic carbocycles. The Bertz CT molecular complexity index is 362. The molecular weight excluding hydrogens is 220 g/mol. The van der Waals surface area contributed by atoms with Crippen molar-refractivity contribution >= 4 is 11.6 Å². The average Bonchev–Trinajstić information content (AvgIpc) is 2.27. The molecule has 0 bridgehead atoms. The summed E-state index contributed by atoms with van der Waals surface area (Å²) >= 11 is 5.53. The van der Waals surface area contributed by atoms with Gasteiger partial charge in [0.15, 0.2) is 0 Å². The van der Waals surface area contributed by atoms with Crippen molar-refractivity contribution in [1.29, 1.82) is 0 Å². The third-order valence-corrected chi connectivity index (χ3v) is 3.15. The van der Waals surface area contributed by atoms with E-state index in [0.29, 0.717) is 5.56 Å². The first-order valence-corrected chi connectivity index (χ1v) is 5.42. The van der Waals surface area contributed by atoms with Crippen LogP contribution in [0.1, 0.15) is 24.3 Å². The van der Waals surface area contributed by atoms with Gasteiger partial charge >= 0.3 is 0 Å². The van der Waals surface area contributed by atoms with Crippen molar-refractivity contribution in [2.24, 2.45) is 0 Å². The van der Waals surface area contributed by atoms with Crippen LogP contribution in [0.4, 0.5) is 8.78 Å². The largest absolute Gasteiger partial charge is 0.316 e. The molecule has 1 N–H and O–H groups in total. The van der Waals surface area contributed by atoms with E-state index >= 15 is 0 Å². The smallest absolute Gasteiger partial charge is 0.148 e. The maximum Gasteiger partial charge on any atom is 0.148 e. The minimum absolute atomic E-state index is 0.108. The van der Waals surface area contributed by atoms with Crippen LogP contribution in [0, 0.1) is 11.6 Å². The van der Waals surface area contributed by atoms with Gasteiger partial charge in [0.2, 0.25) is 0 Å². The Morgan fingerprint density at radius 3 is 2.80 bits per heavy atom. The van der Waals surface area contributed by atoms with E-state index in [4.69, 9.17) is 11.6 Å². The molecule has 0 spiro atoms. The lowest BCUT2D eigenvalue weighted by molar-refractivity contribution is 0.444. The molecule has 0 amide bonds. The molecule has 0 aliphatic carbocycles. The molecular formula is C11H12ClF2N. The molecule has 2 rings (SSSR count). The van der Waals surface area contributed by atoms with Crippen molar-refractivity contribution in [1.82, 2.24) is 5.32 Å².